The molecule has 3 fully saturated rings. The van der Waals surface area contributed by atoms with E-state index < -0.39 is 190 Å². The van der Waals surface area contributed by atoms with Gasteiger partial charge < -0.3 is 85.8 Å². The lowest BCUT2D eigenvalue weighted by Gasteiger charge is -2.50. The Balaban J connectivity index is 2.40. The minimum absolute atomic E-state index is 0.278. The van der Waals surface area contributed by atoms with Crippen LogP contribution in [0.3, 0.4) is 0 Å². The first-order valence-electron chi connectivity index (χ1n) is 22.9. The van der Waals surface area contributed by atoms with Crippen LogP contribution in [0.25, 0.3) is 0 Å². The van der Waals surface area contributed by atoms with Gasteiger partial charge in [0.2, 0.25) is 0 Å². The van der Waals surface area contributed by atoms with E-state index in [9.17, 15) is 52.7 Å². The monoisotopic (exact) mass is 1070 g/mol. The maximum Gasteiger partial charge on any atom is 0.407 e. The highest BCUT2D eigenvalue weighted by molar-refractivity contribution is 5.70. The van der Waals surface area contributed by atoms with Crippen LogP contribution < -0.4 is 5.32 Å². The molecule has 3 aliphatic rings. The van der Waals surface area contributed by atoms with Crippen LogP contribution in [0, 0.1) is 0 Å². The molecule has 0 radical (unpaired) electrons. The number of hydrogen-bond acceptors (Lipinski definition) is 28. The lowest BCUT2D eigenvalue weighted by Crippen LogP contribution is -2.69. The van der Waals surface area contributed by atoms with Crippen LogP contribution in [0.15, 0.2) is 0 Å². The largest absolute Gasteiger partial charge is 0.463 e. The predicted molar refractivity (Wildman–Crippen MR) is 235 cm³/mol. The summed E-state index contributed by atoms with van der Waals surface area (Å²) in [6, 6.07) is 0. The summed E-state index contributed by atoms with van der Waals surface area (Å²) in [5.74, 6) is -9.66. The highest BCUT2D eigenvalue weighted by Crippen LogP contribution is 2.38. The lowest BCUT2D eigenvalue weighted by atomic mass is 9.95. The van der Waals surface area contributed by atoms with E-state index in [1.165, 1.54) is 0 Å². The number of amides is 1. The zero-order valence-corrected chi connectivity index (χ0v) is 43.1. The highest BCUT2D eigenvalue weighted by Gasteiger charge is 2.60. The van der Waals surface area contributed by atoms with Crippen LogP contribution in [-0.4, -0.2) is 196 Å². The Morgan fingerprint density at radius 1 is 0.378 bits per heavy atom. The number of esters is 10. The van der Waals surface area contributed by atoms with Crippen LogP contribution in [0.5, 0.6) is 0 Å². The summed E-state index contributed by atoms with van der Waals surface area (Å²) in [5.41, 5.74) is -0.900. The molecule has 74 heavy (non-hydrogen) atoms. The molecule has 3 heterocycles. The van der Waals surface area contributed by atoms with Crippen LogP contribution >= 0.6 is 0 Å². The predicted octanol–water partition coefficient (Wildman–Crippen LogP) is -0.316. The molecule has 0 aliphatic carbocycles. The summed E-state index contributed by atoms with van der Waals surface area (Å²) in [7, 11) is 0. The van der Waals surface area contributed by atoms with Crippen LogP contribution in [-0.2, 0) is 128 Å². The van der Waals surface area contributed by atoms with E-state index in [1.807, 2.05) is 0 Å². The van der Waals surface area contributed by atoms with Gasteiger partial charge in [0.15, 0.2) is 73.8 Å². The normalized spacial score (nSPS) is 29.6. The zero-order valence-electron chi connectivity index (χ0n) is 43.1. The smallest absolute Gasteiger partial charge is 0.407 e. The average molecular weight is 1070 g/mol. The summed E-state index contributed by atoms with van der Waals surface area (Å²) in [6.45, 7) is 11.9. The fourth-order valence-corrected chi connectivity index (χ4v) is 7.53. The first-order chi connectivity index (χ1) is 34.5. The van der Waals surface area contributed by atoms with Gasteiger partial charge in [-0.05, 0) is 20.8 Å². The van der Waals surface area contributed by atoms with Crippen molar-refractivity contribution in [3.05, 3.63) is 0 Å². The molecule has 15 atom stereocenters. The van der Waals surface area contributed by atoms with Gasteiger partial charge in [-0.2, -0.15) is 0 Å². The second kappa shape index (κ2) is 28.4. The van der Waals surface area contributed by atoms with Gasteiger partial charge in [-0.25, -0.2) is 4.79 Å². The second-order valence-electron chi connectivity index (χ2n) is 17.6. The Labute approximate surface area is 424 Å². The van der Waals surface area contributed by atoms with Gasteiger partial charge in [0.25, 0.3) is 0 Å². The van der Waals surface area contributed by atoms with Crippen molar-refractivity contribution in [2.75, 3.05) is 33.0 Å². The van der Waals surface area contributed by atoms with E-state index >= 15 is 0 Å². The number of carbonyl (C=O) groups is 11. The first kappa shape index (κ1) is 62.0. The summed E-state index contributed by atoms with van der Waals surface area (Å²) in [5, 5.41) is 2.48. The molecular weight excluding hydrogens is 1000 g/mol. The van der Waals surface area contributed by atoms with Gasteiger partial charge in [0, 0.05) is 75.8 Å². The highest BCUT2D eigenvalue weighted by atomic mass is 16.8. The fraction of sp³-hybridized carbons (Fsp3) is 0.756. The maximum atomic E-state index is 13.1. The van der Waals surface area contributed by atoms with Crippen LogP contribution in [0.2, 0.25) is 0 Å². The molecule has 3 aliphatic heterocycles. The van der Waals surface area contributed by atoms with Gasteiger partial charge in [0.05, 0.1) is 6.61 Å². The van der Waals surface area contributed by atoms with E-state index in [-0.39, 0.29) is 6.54 Å². The fourth-order valence-electron chi connectivity index (χ4n) is 7.53. The Morgan fingerprint density at radius 2 is 0.662 bits per heavy atom. The first-order valence-corrected chi connectivity index (χ1v) is 22.9. The lowest BCUT2D eigenvalue weighted by molar-refractivity contribution is -0.393. The van der Waals surface area contributed by atoms with Crippen molar-refractivity contribution in [2.45, 2.75) is 188 Å². The minimum atomic E-state index is -2.15. The van der Waals surface area contributed by atoms with Crippen molar-refractivity contribution in [1.82, 2.24) is 5.32 Å². The summed E-state index contributed by atoms with van der Waals surface area (Å²) in [6.07, 6.45) is -28.5. The second-order valence-corrected chi connectivity index (χ2v) is 17.6. The van der Waals surface area contributed by atoms with Crippen molar-refractivity contribution >= 4 is 65.8 Å². The van der Waals surface area contributed by atoms with E-state index in [0.29, 0.717) is 0 Å². The van der Waals surface area contributed by atoms with Crippen molar-refractivity contribution < 1.29 is 133 Å². The molecule has 0 aromatic rings. The molecule has 0 aromatic carbocycles. The summed E-state index contributed by atoms with van der Waals surface area (Å²) >= 11 is 0. The van der Waals surface area contributed by atoms with Gasteiger partial charge in [-0.3, -0.25) is 47.9 Å². The van der Waals surface area contributed by atoms with Crippen molar-refractivity contribution in [3.8, 4) is 0 Å². The number of carbonyl (C=O) groups excluding carboxylic acids is 11. The Hall–Kier alpha value is -6.27. The molecule has 29 nitrogen and oxygen atoms in total. The SMILES string of the molecule is CC(=O)OC[C@H]1O[C@H](O[C@@H]2[C@@H](O[C@@H]3[C@@H](OCCNC(=O)OC(C)(C)C)O[C@H](COC(C)=O)[C@@H](OC(C)=O)[C@@H]3OC(C)=O)O[C@H](COC(C)=O)[C@@H](OC(C)=O)[C@@H]2OC(C)=O)[C@@H](OC(C)=O)[C@@H](OC(C)=O)[C@@H]1OC(C)=O. The zero-order chi connectivity index (χ0) is 55.8. The standard InChI is InChI=1S/C45H65NO28/c1-19(47)59-16-29-32(62-22(4)50)35(65-25(7)53)38(41(69-29)58-15-14-46-44(57)74-45(11,12)13)72-43-40(37(67-27(9)55)34(64-24(6)52)31(71-43)18-61-21(3)49)73-42-39(68-28(10)56)36(66-26(8)54)33(63-23(5)51)30(70-42)17-60-20(2)48/h29-43H,14-18H2,1-13H3,(H,46,57)/t29-,30-,31-,32-,33-,34-,35+,36+,37+,38+,39+,40+,41+,42-,43-/m1/s1. The molecule has 0 aromatic heterocycles. The third-order valence-electron chi connectivity index (χ3n) is 9.88. The Bertz CT molecular complexity index is 2020. The van der Waals surface area contributed by atoms with E-state index in [4.69, 9.17) is 80.5 Å². The molecule has 0 unspecified atom stereocenters. The minimum Gasteiger partial charge on any atom is -0.463 e. The van der Waals surface area contributed by atoms with Crippen molar-refractivity contribution in [3.63, 3.8) is 0 Å². The molecule has 0 spiro atoms. The van der Waals surface area contributed by atoms with Crippen LogP contribution in [0.4, 0.5) is 4.79 Å². The summed E-state index contributed by atoms with van der Waals surface area (Å²) < 4.78 is 98.1. The van der Waals surface area contributed by atoms with E-state index in [1.54, 1.807) is 20.8 Å². The molecule has 1 N–H and O–H groups in total. The molecule has 418 valence electrons. The molecule has 0 saturated carbocycles. The third kappa shape index (κ3) is 20.2. The quantitative estimate of drug-likeness (QED) is 0.0874. The van der Waals surface area contributed by atoms with Gasteiger partial charge in [-0.15, -0.1) is 0 Å². The molecule has 3 rings (SSSR count). The topological polar surface area (TPSA) is 357 Å². The van der Waals surface area contributed by atoms with Gasteiger partial charge in [0.1, 0.15) is 43.7 Å². The third-order valence-corrected chi connectivity index (χ3v) is 9.88. The number of rotatable bonds is 21. The Kier molecular flexibility index (Phi) is 23.8. The average Bonchev–Trinajstić information content (AvgIpc) is 3.24. The van der Waals surface area contributed by atoms with E-state index in [2.05, 4.69) is 5.32 Å². The number of nitrogens with one attached hydrogen (secondary N) is 1. The van der Waals surface area contributed by atoms with Crippen molar-refractivity contribution in [1.29, 1.82) is 0 Å². The van der Waals surface area contributed by atoms with Gasteiger partial charge in [-0.1, -0.05) is 0 Å². The van der Waals surface area contributed by atoms with Crippen molar-refractivity contribution in [2.24, 2.45) is 0 Å². The number of hydrogen-bond donors (Lipinski definition) is 1. The van der Waals surface area contributed by atoms with E-state index in [0.717, 1.165) is 69.2 Å². The molecular formula is C45H65NO28. The molecule has 3 saturated heterocycles. The summed E-state index contributed by atoms with van der Waals surface area (Å²) in [4.78, 5) is 139. The number of alkyl carbamates (subject to hydrolysis) is 1. The van der Waals surface area contributed by atoms with Gasteiger partial charge >= 0.3 is 65.8 Å². The number of ether oxygens (including phenoxy) is 17. The molecule has 29 heteroatoms. The molecule has 1 amide bonds. The van der Waals surface area contributed by atoms with Crippen LogP contribution in [0.1, 0.15) is 90.0 Å². The maximum absolute atomic E-state index is 13.1. The molecule has 0 bridgehead atoms. The Morgan fingerprint density at radius 3 is 0.986 bits per heavy atom.